The highest BCUT2D eigenvalue weighted by Crippen LogP contribution is 2.30. The molecule has 0 unspecified atom stereocenters. The molecule has 2 amide bonds. The Hall–Kier alpha value is -3.01. The fraction of sp³-hybridized carbons (Fsp3) is 0.133. The largest absolute Gasteiger partial charge is 0.434 e. The van der Waals surface area contributed by atoms with Crippen LogP contribution in [0.25, 0.3) is 22.6 Å². The summed E-state index contributed by atoms with van der Waals surface area (Å²) in [6, 6.07) is 3.13. The molecule has 0 saturated carbocycles. The van der Waals surface area contributed by atoms with Crippen LogP contribution in [0.1, 0.15) is 6.92 Å². The molecule has 25 heavy (non-hydrogen) atoms. The summed E-state index contributed by atoms with van der Waals surface area (Å²) in [7, 11) is 0. The molecule has 3 aromatic heterocycles. The molecule has 0 aliphatic carbocycles. The van der Waals surface area contributed by atoms with E-state index in [4.69, 9.17) is 4.42 Å². The maximum Gasteiger partial charge on any atom is 0.434 e. The van der Waals surface area contributed by atoms with Crippen molar-refractivity contribution >= 4 is 27.8 Å². The summed E-state index contributed by atoms with van der Waals surface area (Å²) in [6.45, 7) is 2.35. The number of H-pyrrole nitrogens is 1. The van der Waals surface area contributed by atoms with Crippen LogP contribution in [0, 0.1) is 0 Å². The summed E-state index contributed by atoms with van der Waals surface area (Å²) < 4.78 is 5.65. The van der Waals surface area contributed by atoms with E-state index in [0.29, 0.717) is 17.9 Å². The van der Waals surface area contributed by atoms with Gasteiger partial charge in [0.25, 0.3) is 5.89 Å². The Labute approximate surface area is 150 Å². The van der Waals surface area contributed by atoms with Gasteiger partial charge in [0.05, 0.1) is 5.56 Å². The van der Waals surface area contributed by atoms with E-state index in [0.717, 1.165) is 15.6 Å². The van der Waals surface area contributed by atoms with Crippen LogP contribution in [0.3, 0.4) is 0 Å². The summed E-state index contributed by atoms with van der Waals surface area (Å²) in [5.74, 6) is -0.0778. The number of rotatable bonds is 4. The molecule has 3 N–H and O–H groups in total. The average molecular weight is 405 g/mol. The number of aromatic nitrogens is 4. The maximum absolute atomic E-state index is 11.5. The monoisotopic (exact) mass is 404 g/mol. The number of nitrogens with zero attached hydrogens (tertiary/aromatic N) is 3. The first kappa shape index (κ1) is 16.8. The van der Waals surface area contributed by atoms with Crippen LogP contribution in [-0.4, -0.2) is 32.7 Å². The van der Waals surface area contributed by atoms with Crippen molar-refractivity contribution in [2.24, 2.45) is 0 Å². The molecule has 0 bridgehead atoms. The van der Waals surface area contributed by atoms with Gasteiger partial charge in [-0.2, -0.15) is 0 Å². The molecule has 3 aromatic rings. The highest BCUT2D eigenvalue weighted by molar-refractivity contribution is 9.10. The minimum absolute atomic E-state index is 0.151. The van der Waals surface area contributed by atoms with Gasteiger partial charge in [-0.3, -0.25) is 10.3 Å². The molecule has 9 nitrogen and oxygen atoms in total. The smallest absolute Gasteiger partial charge is 0.388 e. The van der Waals surface area contributed by atoms with Crippen LogP contribution < -0.4 is 16.4 Å². The molecular formula is C15H13BrN6O3. The maximum atomic E-state index is 11.5. The van der Waals surface area contributed by atoms with Crippen molar-refractivity contribution < 1.29 is 9.21 Å². The zero-order chi connectivity index (χ0) is 17.8. The number of hydrogen-bond acceptors (Lipinski definition) is 6. The summed E-state index contributed by atoms with van der Waals surface area (Å²) in [5, 5.41) is 11.2. The minimum atomic E-state index is -0.635. The lowest BCUT2D eigenvalue weighted by Gasteiger charge is -2.09. The number of anilines is 1. The molecule has 0 aliphatic heterocycles. The zero-order valence-corrected chi connectivity index (χ0v) is 14.6. The Bertz CT molecular complexity index is 968. The van der Waals surface area contributed by atoms with Crippen molar-refractivity contribution in [3.63, 3.8) is 0 Å². The van der Waals surface area contributed by atoms with E-state index in [9.17, 15) is 9.59 Å². The molecule has 3 heterocycles. The van der Waals surface area contributed by atoms with Crippen molar-refractivity contribution in [3.8, 4) is 22.6 Å². The summed E-state index contributed by atoms with van der Waals surface area (Å²) in [4.78, 5) is 31.0. The van der Waals surface area contributed by atoms with E-state index in [2.05, 4.69) is 46.7 Å². The topological polar surface area (TPSA) is 126 Å². The summed E-state index contributed by atoms with van der Waals surface area (Å²) in [5.41, 5.74) is 2.05. The molecular weight excluding hydrogens is 392 g/mol. The number of pyridine rings is 2. The van der Waals surface area contributed by atoms with Crippen LogP contribution in [0.4, 0.5) is 10.6 Å². The number of nitrogens with one attached hydrogen (secondary N) is 3. The normalized spacial score (nSPS) is 10.5. The predicted octanol–water partition coefficient (Wildman–Crippen LogP) is 2.39. The number of carbonyl (C=O) groups is 1. The van der Waals surface area contributed by atoms with Crippen LogP contribution in [-0.2, 0) is 0 Å². The van der Waals surface area contributed by atoms with E-state index in [1.54, 1.807) is 24.5 Å². The molecule has 128 valence electrons. The lowest BCUT2D eigenvalue weighted by atomic mass is 10.1. The first-order valence-electron chi connectivity index (χ1n) is 7.28. The van der Waals surface area contributed by atoms with Gasteiger partial charge in [0.15, 0.2) is 0 Å². The van der Waals surface area contributed by atoms with Crippen molar-refractivity contribution in [2.75, 3.05) is 11.9 Å². The zero-order valence-electron chi connectivity index (χ0n) is 13.0. The molecule has 10 heteroatoms. The second-order valence-corrected chi connectivity index (χ2v) is 5.77. The van der Waals surface area contributed by atoms with Gasteiger partial charge in [0.2, 0.25) is 0 Å². The number of aromatic amines is 1. The molecule has 0 fully saturated rings. The first-order chi connectivity index (χ1) is 12.1. The second kappa shape index (κ2) is 7.26. The van der Waals surface area contributed by atoms with E-state index in [-0.39, 0.29) is 11.9 Å². The van der Waals surface area contributed by atoms with Crippen LogP contribution in [0.2, 0.25) is 0 Å². The van der Waals surface area contributed by atoms with Crippen molar-refractivity contribution in [2.45, 2.75) is 6.92 Å². The Balaban J connectivity index is 1.89. The molecule has 3 rings (SSSR count). The lowest BCUT2D eigenvalue weighted by Crippen LogP contribution is -2.28. The van der Waals surface area contributed by atoms with Gasteiger partial charge in [0, 0.05) is 40.7 Å². The van der Waals surface area contributed by atoms with Gasteiger partial charge in [-0.1, -0.05) is 0 Å². The highest BCUT2D eigenvalue weighted by Gasteiger charge is 2.11. The third-order valence-electron chi connectivity index (χ3n) is 3.17. The van der Waals surface area contributed by atoms with Crippen molar-refractivity contribution in [1.82, 2.24) is 25.5 Å². The van der Waals surface area contributed by atoms with E-state index < -0.39 is 5.76 Å². The number of halogens is 1. The summed E-state index contributed by atoms with van der Waals surface area (Å²) in [6.07, 6.45) is 4.79. The van der Waals surface area contributed by atoms with Gasteiger partial charge < -0.3 is 9.73 Å². The fourth-order valence-electron chi connectivity index (χ4n) is 2.09. The fourth-order valence-corrected chi connectivity index (χ4v) is 2.64. The summed E-state index contributed by atoms with van der Waals surface area (Å²) >= 11 is 3.46. The van der Waals surface area contributed by atoms with Gasteiger partial charge in [0.1, 0.15) is 5.82 Å². The molecule has 0 aliphatic rings. The van der Waals surface area contributed by atoms with Crippen molar-refractivity contribution in [3.05, 3.63) is 45.7 Å². The quantitative estimate of drug-likeness (QED) is 0.612. The van der Waals surface area contributed by atoms with Crippen LogP contribution in [0.5, 0.6) is 0 Å². The lowest BCUT2D eigenvalue weighted by molar-refractivity contribution is 0.252. The number of hydrogen-bond donors (Lipinski definition) is 3. The molecule has 0 saturated heterocycles. The van der Waals surface area contributed by atoms with Crippen LogP contribution in [0.15, 0.2) is 44.4 Å². The Morgan fingerprint density at radius 2 is 2.08 bits per heavy atom. The van der Waals surface area contributed by atoms with Gasteiger partial charge in [-0.15, -0.1) is 5.10 Å². The third kappa shape index (κ3) is 3.91. The van der Waals surface area contributed by atoms with E-state index in [1.807, 2.05) is 6.92 Å². The Morgan fingerprint density at radius 1 is 1.28 bits per heavy atom. The second-order valence-electron chi connectivity index (χ2n) is 4.91. The molecule has 0 spiro atoms. The van der Waals surface area contributed by atoms with Crippen LogP contribution >= 0.6 is 15.9 Å². The average Bonchev–Trinajstić information content (AvgIpc) is 3.02. The molecule has 0 aromatic carbocycles. The SMILES string of the molecule is CCNC(=O)Nc1cc(Br)c(-c2cncc(-c3n[nH]c(=O)o3)c2)cn1. The van der Waals surface area contributed by atoms with Crippen molar-refractivity contribution in [1.29, 1.82) is 0 Å². The van der Waals surface area contributed by atoms with Gasteiger partial charge >= 0.3 is 11.8 Å². The van der Waals surface area contributed by atoms with E-state index >= 15 is 0 Å². The standard InChI is InChI=1S/C15H13BrN6O3/c1-2-18-14(23)20-12-4-11(16)10(7-19-12)8-3-9(6-17-5-8)13-21-22-15(24)25-13/h3-7H,2H2,1H3,(H,22,24)(H2,18,19,20,23). The predicted molar refractivity (Wildman–Crippen MR) is 94.0 cm³/mol. The molecule has 0 atom stereocenters. The number of carbonyl (C=O) groups excluding carboxylic acids is 1. The Kier molecular flexibility index (Phi) is 4.89. The first-order valence-corrected chi connectivity index (χ1v) is 8.08. The van der Waals surface area contributed by atoms with E-state index in [1.165, 1.54) is 6.20 Å². The number of amides is 2. The Morgan fingerprint density at radius 3 is 2.76 bits per heavy atom. The van der Waals surface area contributed by atoms with Gasteiger partial charge in [-0.05, 0) is 35.0 Å². The number of urea groups is 1. The highest BCUT2D eigenvalue weighted by atomic mass is 79.9. The minimum Gasteiger partial charge on any atom is -0.388 e. The van der Waals surface area contributed by atoms with Gasteiger partial charge in [-0.25, -0.2) is 19.7 Å². The third-order valence-corrected chi connectivity index (χ3v) is 3.82. The molecule has 0 radical (unpaired) electrons.